The van der Waals surface area contributed by atoms with Crippen LogP contribution < -0.4 is 9.80 Å². The van der Waals surface area contributed by atoms with Crippen LogP contribution in [0.1, 0.15) is 38.9 Å². The van der Waals surface area contributed by atoms with Crippen molar-refractivity contribution in [3.63, 3.8) is 0 Å². The first-order valence-electron chi connectivity index (χ1n) is 17.3. The van der Waals surface area contributed by atoms with E-state index in [9.17, 15) is 0 Å². The van der Waals surface area contributed by atoms with Gasteiger partial charge in [0.2, 0.25) is 0 Å². The number of hydrogen-bond donors (Lipinski definition) is 0. The molecule has 2 nitrogen and oxygen atoms in total. The van der Waals surface area contributed by atoms with Gasteiger partial charge in [-0.05, 0) is 129 Å². The van der Waals surface area contributed by atoms with E-state index < -0.39 is 0 Å². The average molecular weight is 635 g/mol. The van der Waals surface area contributed by atoms with Crippen molar-refractivity contribution in [3.05, 3.63) is 166 Å². The molecule has 8 rings (SSSR count). The number of benzene rings is 8. The third-order valence-electron chi connectivity index (χ3n) is 10.2. The van der Waals surface area contributed by atoms with Crippen LogP contribution in [0.3, 0.4) is 0 Å². The molecule has 0 aromatic heterocycles. The molecule has 0 saturated carbocycles. The molecule has 0 amide bonds. The van der Waals surface area contributed by atoms with Gasteiger partial charge in [0.25, 0.3) is 0 Å². The summed E-state index contributed by atoms with van der Waals surface area (Å²) in [7, 11) is 0. The third kappa shape index (κ3) is 5.11. The zero-order chi connectivity index (χ0) is 34.0. The zero-order valence-corrected chi connectivity index (χ0v) is 29.5. The molecule has 8 aromatic rings. The lowest BCUT2D eigenvalue weighted by Crippen LogP contribution is -2.14. The van der Waals surface area contributed by atoms with E-state index in [-0.39, 0.29) is 0 Å². The second-order valence-corrected chi connectivity index (χ2v) is 13.9. The molecule has 0 saturated heterocycles. The van der Waals surface area contributed by atoms with Crippen LogP contribution in [0, 0.1) is 48.5 Å². The van der Waals surface area contributed by atoms with E-state index in [4.69, 9.17) is 0 Å². The molecule has 8 aromatic carbocycles. The van der Waals surface area contributed by atoms with Gasteiger partial charge in [0.15, 0.2) is 0 Å². The molecule has 2 heteroatoms. The molecule has 49 heavy (non-hydrogen) atoms. The summed E-state index contributed by atoms with van der Waals surface area (Å²) in [5, 5.41) is 7.62. The second kappa shape index (κ2) is 11.8. The normalized spacial score (nSPS) is 11.6. The largest absolute Gasteiger partial charge is 0.309 e. The highest BCUT2D eigenvalue weighted by molar-refractivity contribution is 6.28. The molecule has 0 atom stereocenters. The summed E-state index contributed by atoms with van der Waals surface area (Å²) in [6.45, 7) is 15.4. The van der Waals surface area contributed by atoms with Crippen LogP contribution in [-0.4, -0.2) is 0 Å². The summed E-state index contributed by atoms with van der Waals surface area (Å²) < 4.78 is 0. The standard InChI is InChI=1S/C47H42N2/c1-29-12-21-41(33(5)26-29)48(40-11-9-8-10-32(40)4)44-24-17-36-16-20-39-45(25-18-37-15-19-38(44)46(36)47(37)39)49(42-22-13-30(2)27-34(42)6)43-23-14-31(3)28-35(43)7/h8-28H,1-7H3. The minimum Gasteiger partial charge on any atom is -0.309 e. The maximum absolute atomic E-state index is 2.48. The van der Waals surface area contributed by atoms with E-state index in [0.29, 0.717) is 0 Å². The van der Waals surface area contributed by atoms with Gasteiger partial charge in [-0.25, -0.2) is 0 Å². The van der Waals surface area contributed by atoms with Gasteiger partial charge in [-0.1, -0.05) is 108 Å². The smallest absolute Gasteiger partial charge is 0.0540 e. The van der Waals surface area contributed by atoms with Crippen molar-refractivity contribution in [3.8, 4) is 0 Å². The van der Waals surface area contributed by atoms with Crippen LogP contribution in [0.2, 0.25) is 0 Å². The summed E-state index contributed by atoms with van der Waals surface area (Å²) in [6, 6.07) is 47.7. The van der Waals surface area contributed by atoms with Gasteiger partial charge in [-0.3, -0.25) is 0 Å². The van der Waals surface area contributed by atoms with Crippen molar-refractivity contribution in [1.82, 2.24) is 0 Å². The maximum Gasteiger partial charge on any atom is 0.0540 e. The number of hydrogen-bond acceptors (Lipinski definition) is 2. The Labute approximate surface area is 290 Å². The number of anilines is 6. The summed E-state index contributed by atoms with van der Waals surface area (Å²) in [5.74, 6) is 0. The van der Waals surface area contributed by atoms with Crippen LogP contribution >= 0.6 is 0 Å². The predicted octanol–water partition coefficient (Wildman–Crippen LogP) is 13.7. The van der Waals surface area contributed by atoms with Crippen molar-refractivity contribution in [2.24, 2.45) is 0 Å². The molecule has 0 heterocycles. The second-order valence-electron chi connectivity index (χ2n) is 13.9. The molecule has 0 aliphatic rings. The van der Waals surface area contributed by atoms with Crippen LogP contribution in [-0.2, 0) is 0 Å². The fourth-order valence-corrected chi connectivity index (χ4v) is 7.92. The topological polar surface area (TPSA) is 6.48 Å². The van der Waals surface area contributed by atoms with Crippen molar-refractivity contribution in [2.75, 3.05) is 9.80 Å². The van der Waals surface area contributed by atoms with Crippen LogP contribution in [0.4, 0.5) is 34.1 Å². The first kappa shape index (κ1) is 30.7. The Bertz CT molecular complexity index is 2490. The van der Waals surface area contributed by atoms with Gasteiger partial charge in [0, 0.05) is 33.5 Å². The minimum absolute atomic E-state index is 1.19. The van der Waals surface area contributed by atoms with Gasteiger partial charge < -0.3 is 9.80 Å². The third-order valence-corrected chi connectivity index (χ3v) is 10.2. The molecule has 0 fully saturated rings. The van der Waals surface area contributed by atoms with E-state index in [2.05, 4.69) is 186 Å². The summed E-state index contributed by atoms with van der Waals surface area (Å²) in [4.78, 5) is 4.94. The maximum atomic E-state index is 2.48. The molecule has 0 N–H and O–H groups in total. The Kier molecular flexibility index (Phi) is 7.41. The molecule has 0 aliphatic heterocycles. The SMILES string of the molecule is Cc1ccc(N(c2ccccc2C)c2ccc3ccc4c(N(c5ccc(C)cc5C)c5ccc(C)cc5C)ccc5ccc2c3c54)c(C)c1. The Morgan fingerprint density at radius 2 is 0.653 bits per heavy atom. The monoisotopic (exact) mass is 634 g/mol. The molecule has 0 spiro atoms. The van der Waals surface area contributed by atoms with E-state index in [1.54, 1.807) is 0 Å². The van der Waals surface area contributed by atoms with Crippen LogP contribution in [0.5, 0.6) is 0 Å². The lowest BCUT2D eigenvalue weighted by atomic mass is 9.91. The Morgan fingerprint density at radius 1 is 0.306 bits per heavy atom. The first-order chi connectivity index (χ1) is 23.7. The Balaban J connectivity index is 1.44. The lowest BCUT2D eigenvalue weighted by molar-refractivity contribution is 1.22. The van der Waals surface area contributed by atoms with Crippen LogP contribution in [0.15, 0.2) is 127 Å². The molecular formula is C47H42N2. The molecule has 240 valence electrons. The van der Waals surface area contributed by atoms with Crippen LogP contribution in [0.25, 0.3) is 32.3 Å². The predicted molar refractivity (Wildman–Crippen MR) is 213 cm³/mol. The summed E-state index contributed by atoms with van der Waals surface area (Å²) in [6.07, 6.45) is 0. The highest BCUT2D eigenvalue weighted by Gasteiger charge is 2.24. The highest BCUT2D eigenvalue weighted by Crippen LogP contribution is 2.49. The Morgan fingerprint density at radius 3 is 1.04 bits per heavy atom. The van der Waals surface area contributed by atoms with E-state index in [1.165, 1.54) is 105 Å². The number of aryl methyl sites for hydroxylation is 7. The van der Waals surface area contributed by atoms with Gasteiger partial charge in [-0.15, -0.1) is 0 Å². The van der Waals surface area contributed by atoms with Gasteiger partial charge in [0.1, 0.15) is 0 Å². The fourth-order valence-electron chi connectivity index (χ4n) is 7.92. The fraction of sp³-hybridized carbons (Fsp3) is 0.149. The zero-order valence-electron chi connectivity index (χ0n) is 29.5. The van der Waals surface area contributed by atoms with Crippen molar-refractivity contribution in [2.45, 2.75) is 48.5 Å². The van der Waals surface area contributed by atoms with Crippen molar-refractivity contribution in [1.29, 1.82) is 0 Å². The molecular weight excluding hydrogens is 593 g/mol. The van der Waals surface area contributed by atoms with E-state index in [1.807, 2.05) is 0 Å². The average Bonchev–Trinajstić information content (AvgIpc) is 3.08. The van der Waals surface area contributed by atoms with E-state index >= 15 is 0 Å². The van der Waals surface area contributed by atoms with Crippen molar-refractivity contribution >= 4 is 66.4 Å². The van der Waals surface area contributed by atoms with Gasteiger partial charge >= 0.3 is 0 Å². The van der Waals surface area contributed by atoms with Gasteiger partial charge in [-0.2, -0.15) is 0 Å². The number of nitrogens with zero attached hydrogens (tertiary/aromatic N) is 2. The van der Waals surface area contributed by atoms with Crippen molar-refractivity contribution < 1.29 is 0 Å². The molecule has 0 bridgehead atoms. The van der Waals surface area contributed by atoms with E-state index in [0.717, 1.165) is 0 Å². The Hall–Kier alpha value is -5.60. The lowest BCUT2D eigenvalue weighted by Gasteiger charge is -2.31. The van der Waals surface area contributed by atoms with Gasteiger partial charge in [0.05, 0.1) is 11.4 Å². The highest BCUT2D eigenvalue weighted by atomic mass is 15.2. The summed E-state index contributed by atoms with van der Waals surface area (Å²) in [5.41, 5.74) is 16.0. The minimum atomic E-state index is 1.19. The molecule has 0 unspecified atom stereocenters. The number of rotatable bonds is 6. The quantitative estimate of drug-likeness (QED) is 0.168. The molecule has 0 radical (unpaired) electrons. The number of para-hydroxylation sites is 1. The molecule has 0 aliphatic carbocycles. The first-order valence-corrected chi connectivity index (χ1v) is 17.3. The summed E-state index contributed by atoms with van der Waals surface area (Å²) >= 11 is 0.